The van der Waals surface area contributed by atoms with Gasteiger partial charge in [-0.05, 0) is 43.2 Å². The highest BCUT2D eigenvalue weighted by molar-refractivity contribution is 7.10. The van der Waals surface area contributed by atoms with Crippen LogP contribution >= 0.6 is 11.3 Å². The molecular weight excluding hydrogens is 276 g/mol. The zero-order valence-corrected chi connectivity index (χ0v) is 12.4. The molecule has 20 heavy (non-hydrogen) atoms. The van der Waals surface area contributed by atoms with Crippen LogP contribution in [0.3, 0.4) is 0 Å². The van der Waals surface area contributed by atoms with E-state index in [0.717, 1.165) is 23.3 Å². The van der Waals surface area contributed by atoms with Crippen LogP contribution in [0, 0.1) is 0 Å². The number of nitrogens with two attached hydrogens (primary N) is 1. The summed E-state index contributed by atoms with van der Waals surface area (Å²) in [5.74, 6) is -1.04. The predicted molar refractivity (Wildman–Crippen MR) is 77.6 cm³/mol. The maximum atomic E-state index is 12.3. The summed E-state index contributed by atoms with van der Waals surface area (Å²) in [6.45, 7) is 2.39. The minimum absolute atomic E-state index is 0.0721. The number of carboxylic acid groups (broad SMARTS) is 1. The Labute approximate surface area is 122 Å². The summed E-state index contributed by atoms with van der Waals surface area (Å²) in [7, 11) is 0. The Morgan fingerprint density at radius 1 is 1.60 bits per heavy atom. The topological polar surface area (TPSA) is 83.6 Å². The normalized spacial score (nSPS) is 19.5. The van der Waals surface area contributed by atoms with Crippen molar-refractivity contribution in [3.8, 4) is 0 Å². The molecule has 2 atom stereocenters. The molecule has 1 aromatic rings. The quantitative estimate of drug-likeness (QED) is 0.867. The van der Waals surface area contributed by atoms with Gasteiger partial charge in [-0.3, -0.25) is 4.79 Å². The van der Waals surface area contributed by atoms with Gasteiger partial charge in [0.25, 0.3) is 0 Å². The van der Waals surface area contributed by atoms with Crippen LogP contribution in [0.4, 0.5) is 0 Å². The first kappa shape index (κ1) is 15.0. The number of hydrogen-bond acceptors (Lipinski definition) is 4. The van der Waals surface area contributed by atoms with Crippen molar-refractivity contribution < 1.29 is 14.7 Å². The van der Waals surface area contributed by atoms with Gasteiger partial charge in [0.15, 0.2) is 6.04 Å². The summed E-state index contributed by atoms with van der Waals surface area (Å²) in [6, 6.07) is 1.07. The van der Waals surface area contributed by atoms with Crippen molar-refractivity contribution >= 4 is 23.2 Å². The molecule has 0 aliphatic carbocycles. The van der Waals surface area contributed by atoms with E-state index in [1.54, 1.807) is 11.3 Å². The molecule has 2 heterocycles. The van der Waals surface area contributed by atoms with Crippen LogP contribution in [0.2, 0.25) is 0 Å². The van der Waals surface area contributed by atoms with E-state index in [1.165, 1.54) is 4.90 Å². The van der Waals surface area contributed by atoms with E-state index in [1.807, 2.05) is 18.4 Å². The van der Waals surface area contributed by atoms with E-state index < -0.39 is 12.0 Å². The Hall–Kier alpha value is -1.40. The fourth-order valence-electron chi connectivity index (χ4n) is 2.57. The number of amides is 1. The van der Waals surface area contributed by atoms with Gasteiger partial charge in [0.2, 0.25) is 5.91 Å². The average Bonchev–Trinajstić information content (AvgIpc) is 2.84. The van der Waals surface area contributed by atoms with Crippen molar-refractivity contribution in [1.82, 2.24) is 4.90 Å². The highest BCUT2D eigenvalue weighted by Crippen LogP contribution is 2.33. The molecule has 1 amide bonds. The van der Waals surface area contributed by atoms with Gasteiger partial charge in [-0.2, -0.15) is 0 Å². The van der Waals surface area contributed by atoms with Gasteiger partial charge in [0.05, 0.1) is 0 Å². The molecule has 1 aliphatic rings. The van der Waals surface area contributed by atoms with Crippen molar-refractivity contribution in [2.75, 3.05) is 6.54 Å². The van der Waals surface area contributed by atoms with E-state index in [4.69, 9.17) is 5.73 Å². The number of rotatable bonds is 5. The van der Waals surface area contributed by atoms with Crippen LogP contribution in [-0.2, 0) is 16.0 Å². The Kier molecular flexibility index (Phi) is 4.77. The summed E-state index contributed by atoms with van der Waals surface area (Å²) in [5, 5.41) is 11.3. The van der Waals surface area contributed by atoms with E-state index in [2.05, 4.69) is 0 Å². The van der Waals surface area contributed by atoms with Gasteiger partial charge in [-0.25, -0.2) is 4.79 Å². The molecule has 2 rings (SSSR count). The van der Waals surface area contributed by atoms with E-state index >= 15 is 0 Å². The molecule has 0 saturated heterocycles. The number of aliphatic carboxylic acids is 1. The number of thiophene rings is 1. The summed E-state index contributed by atoms with van der Waals surface area (Å²) in [6.07, 6.45) is 2.59. The van der Waals surface area contributed by atoms with Crippen LogP contribution < -0.4 is 5.73 Å². The highest BCUT2D eigenvalue weighted by Gasteiger charge is 2.36. The van der Waals surface area contributed by atoms with Crippen LogP contribution in [0.5, 0.6) is 0 Å². The first-order valence-corrected chi connectivity index (χ1v) is 7.72. The number of hydrogen-bond donors (Lipinski definition) is 2. The van der Waals surface area contributed by atoms with Crippen LogP contribution in [0.1, 0.15) is 42.7 Å². The molecule has 0 saturated carbocycles. The maximum absolute atomic E-state index is 12.3. The van der Waals surface area contributed by atoms with E-state index in [0.29, 0.717) is 19.4 Å². The molecule has 6 heteroatoms. The SMILES string of the molecule is CC(N)CCCC(=O)N1CCc2sccc2C1C(=O)O. The zero-order chi connectivity index (χ0) is 14.7. The minimum Gasteiger partial charge on any atom is -0.479 e. The van der Waals surface area contributed by atoms with Gasteiger partial charge in [0, 0.05) is 23.9 Å². The van der Waals surface area contributed by atoms with Gasteiger partial charge in [-0.1, -0.05) is 0 Å². The molecule has 1 aliphatic heterocycles. The monoisotopic (exact) mass is 296 g/mol. The van der Waals surface area contributed by atoms with Crippen molar-refractivity contribution in [3.63, 3.8) is 0 Å². The first-order chi connectivity index (χ1) is 9.50. The lowest BCUT2D eigenvalue weighted by Crippen LogP contribution is -2.43. The molecule has 110 valence electrons. The van der Waals surface area contributed by atoms with Crippen molar-refractivity contribution in [3.05, 3.63) is 21.9 Å². The van der Waals surface area contributed by atoms with E-state index in [9.17, 15) is 14.7 Å². The minimum atomic E-state index is -0.954. The van der Waals surface area contributed by atoms with Crippen LogP contribution in [0.25, 0.3) is 0 Å². The first-order valence-electron chi connectivity index (χ1n) is 6.85. The Morgan fingerprint density at radius 2 is 2.35 bits per heavy atom. The molecule has 1 aromatic heterocycles. The summed E-state index contributed by atoms with van der Waals surface area (Å²) < 4.78 is 0. The molecular formula is C14H20N2O3S. The van der Waals surface area contributed by atoms with Crippen molar-refractivity contribution in [2.24, 2.45) is 5.73 Å². The second-order valence-corrected chi connectivity index (χ2v) is 6.25. The Balaban J connectivity index is 2.07. The van der Waals surface area contributed by atoms with Gasteiger partial charge in [-0.15, -0.1) is 11.3 Å². The van der Waals surface area contributed by atoms with Gasteiger partial charge < -0.3 is 15.7 Å². The lowest BCUT2D eigenvalue weighted by molar-refractivity contribution is -0.151. The van der Waals surface area contributed by atoms with Crippen molar-refractivity contribution in [2.45, 2.75) is 44.7 Å². The molecule has 0 fully saturated rings. The number of fused-ring (bicyclic) bond motifs is 1. The largest absolute Gasteiger partial charge is 0.479 e. The number of carbonyl (C=O) groups excluding carboxylic acids is 1. The number of carboxylic acids is 1. The fourth-order valence-corrected chi connectivity index (χ4v) is 3.47. The lowest BCUT2D eigenvalue weighted by Gasteiger charge is -2.33. The highest BCUT2D eigenvalue weighted by atomic mass is 32.1. The molecule has 5 nitrogen and oxygen atoms in total. The third-order valence-electron chi connectivity index (χ3n) is 3.57. The molecule has 3 N–H and O–H groups in total. The van der Waals surface area contributed by atoms with Gasteiger partial charge in [0.1, 0.15) is 0 Å². The third-order valence-corrected chi connectivity index (χ3v) is 4.57. The van der Waals surface area contributed by atoms with Crippen LogP contribution in [-0.4, -0.2) is 34.5 Å². The van der Waals surface area contributed by atoms with Crippen molar-refractivity contribution in [1.29, 1.82) is 0 Å². The molecule has 0 bridgehead atoms. The summed E-state index contributed by atoms with van der Waals surface area (Å²) in [4.78, 5) is 26.3. The zero-order valence-electron chi connectivity index (χ0n) is 11.5. The Morgan fingerprint density at radius 3 is 3.00 bits per heavy atom. The summed E-state index contributed by atoms with van der Waals surface area (Å²) in [5.41, 5.74) is 6.44. The molecule has 2 unspecified atom stereocenters. The second-order valence-electron chi connectivity index (χ2n) is 5.25. The molecule has 0 radical (unpaired) electrons. The van der Waals surface area contributed by atoms with Crippen LogP contribution in [0.15, 0.2) is 11.4 Å². The Bertz CT molecular complexity index is 498. The lowest BCUT2D eigenvalue weighted by atomic mass is 9.99. The smallest absolute Gasteiger partial charge is 0.331 e. The molecule has 0 spiro atoms. The summed E-state index contributed by atoms with van der Waals surface area (Å²) >= 11 is 1.56. The van der Waals surface area contributed by atoms with Gasteiger partial charge >= 0.3 is 5.97 Å². The average molecular weight is 296 g/mol. The molecule has 0 aromatic carbocycles. The fraction of sp³-hybridized carbons (Fsp3) is 0.571. The number of carbonyl (C=O) groups is 2. The third kappa shape index (κ3) is 3.19. The second kappa shape index (κ2) is 6.37. The number of nitrogens with zero attached hydrogens (tertiary/aromatic N) is 1. The predicted octanol–water partition coefficient (Wildman–Crippen LogP) is 1.78. The standard InChI is InChI=1S/C14H20N2O3S/c1-9(15)3-2-4-12(17)16-7-5-11-10(6-8-20-11)13(16)14(18)19/h6,8-9,13H,2-5,7,15H2,1H3,(H,18,19). The maximum Gasteiger partial charge on any atom is 0.331 e. The van der Waals surface area contributed by atoms with E-state index in [-0.39, 0.29) is 11.9 Å².